The van der Waals surface area contributed by atoms with Gasteiger partial charge in [-0.05, 0) is 25.8 Å². The summed E-state index contributed by atoms with van der Waals surface area (Å²) >= 11 is 0. The van der Waals surface area contributed by atoms with Crippen molar-refractivity contribution in [2.24, 2.45) is 22.9 Å². The average Bonchev–Trinajstić information content (AvgIpc) is 2.52. The second-order valence-corrected chi connectivity index (χ2v) is 4.95. The van der Waals surface area contributed by atoms with Crippen LogP contribution < -0.4 is 33.6 Å². The van der Waals surface area contributed by atoms with Crippen molar-refractivity contribution in [3.8, 4) is 0 Å². The summed E-state index contributed by atoms with van der Waals surface area (Å²) in [6.45, 7) is 0.127. The molecule has 0 aromatic heterocycles. The Morgan fingerprint density at radius 1 is 1.09 bits per heavy atom. The minimum absolute atomic E-state index is 0.0524. The first-order valence-corrected chi connectivity index (χ1v) is 7.24. The predicted molar refractivity (Wildman–Crippen MR) is 84.5 cm³/mol. The van der Waals surface area contributed by atoms with Crippen LogP contribution in [-0.4, -0.2) is 48.1 Å². The highest BCUT2D eigenvalue weighted by Gasteiger charge is 2.26. The highest BCUT2D eigenvalue weighted by Crippen LogP contribution is 2.04. The van der Waals surface area contributed by atoms with Gasteiger partial charge in [-0.2, -0.15) is 0 Å². The summed E-state index contributed by atoms with van der Waals surface area (Å²) in [5.41, 5.74) is 21.5. The number of carboxylic acids is 1. The molecule has 0 fully saturated rings. The lowest BCUT2D eigenvalue weighted by molar-refractivity contribution is -0.142. The van der Waals surface area contributed by atoms with Crippen molar-refractivity contribution < 1.29 is 19.5 Å². The van der Waals surface area contributed by atoms with E-state index in [9.17, 15) is 14.4 Å². The van der Waals surface area contributed by atoms with Gasteiger partial charge in [0.1, 0.15) is 12.1 Å². The van der Waals surface area contributed by atoms with Crippen molar-refractivity contribution in [3.63, 3.8) is 0 Å². The topological polar surface area (TPSA) is 200 Å². The van der Waals surface area contributed by atoms with Crippen molar-refractivity contribution in [2.45, 2.75) is 37.8 Å². The van der Waals surface area contributed by atoms with Gasteiger partial charge in [-0.15, -0.1) is 0 Å². The summed E-state index contributed by atoms with van der Waals surface area (Å²) in [5.74, 6) is -2.40. The number of nitrogens with one attached hydrogen (secondary N) is 2. The molecule has 0 aliphatic heterocycles. The summed E-state index contributed by atoms with van der Waals surface area (Å²) in [6.07, 6.45) is 2.49. The molecule has 1 unspecified atom stereocenters. The summed E-state index contributed by atoms with van der Waals surface area (Å²) in [7, 11) is 0. The highest BCUT2D eigenvalue weighted by molar-refractivity contribution is 5.91. The van der Waals surface area contributed by atoms with E-state index in [1.165, 1.54) is 0 Å². The Bertz CT molecular complexity index is 440. The monoisotopic (exact) mass is 330 g/mol. The van der Waals surface area contributed by atoms with E-state index < -0.39 is 29.9 Å². The standard InChI is InChI=1S/C13H26N6O4/c14-4-2-1-3-9(13(22)23)19-12(21)10(5-8(17)6-15)18-11(20)7-16/h6,9-10H,1-5,7,14-17H2,(H,18,20)(H,19,21)(H,22,23)/b8-6-/t9?,10-/m1/s1. The summed E-state index contributed by atoms with van der Waals surface area (Å²) < 4.78 is 0. The molecule has 0 aliphatic carbocycles. The molecule has 0 spiro atoms. The third kappa shape index (κ3) is 8.63. The van der Waals surface area contributed by atoms with Gasteiger partial charge in [0.2, 0.25) is 11.8 Å². The van der Waals surface area contributed by atoms with Crippen molar-refractivity contribution in [3.05, 3.63) is 11.9 Å². The van der Waals surface area contributed by atoms with Crippen LogP contribution in [-0.2, 0) is 14.4 Å². The fourth-order valence-electron chi connectivity index (χ4n) is 1.79. The zero-order valence-electron chi connectivity index (χ0n) is 13.0. The number of amides is 2. The Morgan fingerprint density at radius 2 is 1.74 bits per heavy atom. The molecule has 132 valence electrons. The predicted octanol–water partition coefficient (Wildman–Crippen LogP) is -2.72. The Labute approximate surface area is 134 Å². The molecule has 11 N–H and O–H groups in total. The van der Waals surface area contributed by atoms with Crippen LogP contribution in [0.2, 0.25) is 0 Å². The highest BCUT2D eigenvalue weighted by atomic mass is 16.4. The fraction of sp³-hybridized carbons (Fsp3) is 0.615. The van der Waals surface area contributed by atoms with Crippen LogP contribution in [0.3, 0.4) is 0 Å². The van der Waals surface area contributed by atoms with Gasteiger partial charge in [0.05, 0.1) is 6.54 Å². The van der Waals surface area contributed by atoms with Crippen molar-refractivity contribution in [1.82, 2.24) is 10.6 Å². The number of nitrogens with two attached hydrogens (primary N) is 4. The maximum atomic E-state index is 12.2. The minimum Gasteiger partial charge on any atom is -0.480 e. The number of carbonyl (C=O) groups is 3. The Balaban J connectivity index is 4.88. The van der Waals surface area contributed by atoms with Crippen molar-refractivity contribution in [1.29, 1.82) is 0 Å². The Morgan fingerprint density at radius 3 is 2.22 bits per heavy atom. The van der Waals surface area contributed by atoms with E-state index in [2.05, 4.69) is 10.6 Å². The first-order chi connectivity index (χ1) is 10.8. The van der Waals surface area contributed by atoms with Gasteiger partial charge in [-0.3, -0.25) is 9.59 Å². The van der Waals surface area contributed by atoms with Crippen LogP contribution >= 0.6 is 0 Å². The summed E-state index contributed by atoms with van der Waals surface area (Å²) in [4.78, 5) is 34.8. The van der Waals surface area contributed by atoms with E-state index in [1.54, 1.807) is 0 Å². The molecule has 10 nitrogen and oxygen atoms in total. The van der Waals surface area contributed by atoms with Crippen molar-refractivity contribution >= 4 is 17.8 Å². The lowest BCUT2D eigenvalue weighted by Gasteiger charge is -2.21. The molecule has 10 heteroatoms. The number of aliphatic carboxylic acids is 1. The minimum atomic E-state index is -1.17. The maximum absolute atomic E-state index is 12.2. The largest absolute Gasteiger partial charge is 0.480 e. The van der Waals surface area contributed by atoms with Gasteiger partial charge in [-0.1, -0.05) is 0 Å². The van der Waals surface area contributed by atoms with Crippen LogP contribution in [0, 0.1) is 0 Å². The number of carbonyl (C=O) groups excluding carboxylic acids is 2. The zero-order valence-corrected chi connectivity index (χ0v) is 13.0. The number of hydrogen-bond donors (Lipinski definition) is 7. The van der Waals surface area contributed by atoms with E-state index >= 15 is 0 Å². The Hall–Kier alpha value is -2.33. The van der Waals surface area contributed by atoms with Crippen LogP contribution in [0.4, 0.5) is 0 Å². The first-order valence-electron chi connectivity index (χ1n) is 7.24. The SMILES string of the molecule is N/C=C(\N)C[C@@H](NC(=O)CN)C(=O)NC(CCCCN)C(=O)O. The third-order valence-electron chi connectivity index (χ3n) is 3.05. The van der Waals surface area contributed by atoms with Gasteiger partial charge in [0.25, 0.3) is 0 Å². The van der Waals surface area contributed by atoms with Gasteiger partial charge >= 0.3 is 5.97 Å². The van der Waals surface area contributed by atoms with Crippen LogP contribution in [0.15, 0.2) is 11.9 Å². The zero-order chi connectivity index (χ0) is 17.8. The molecular weight excluding hydrogens is 304 g/mol. The second-order valence-electron chi connectivity index (χ2n) is 4.95. The number of unbranched alkanes of at least 4 members (excludes halogenated alkanes) is 1. The molecular formula is C13H26N6O4. The third-order valence-corrected chi connectivity index (χ3v) is 3.05. The number of carboxylic acid groups (broad SMARTS) is 1. The molecule has 2 amide bonds. The number of hydrogen-bond acceptors (Lipinski definition) is 7. The lowest BCUT2D eigenvalue weighted by atomic mass is 10.1. The molecule has 23 heavy (non-hydrogen) atoms. The normalized spacial score (nSPS) is 13.9. The van der Waals surface area contributed by atoms with E-state index in [-0.39, 0.29) is 25.1 Å². The van der Waals surface area contributed by atoms with Gasteiger partial charge in [0.15, 0.2) is 0 Å². The smallest absolute Gasteiger partial charge is 0.326 e. The molecule has 0 aliphatic rings. The number of rotatable bonds is 11. The molecule has 0 saturated heterocycles. The van der Waals surface area contributed by atoms with Crippen LogP contribution in [0.1, 0.15) is 25.7 Å². The quantitative estimate of drug-likeness (QED) is 0.198. The van der Waals surface area contributed by atoms with Crippen LogP contribution in [0.25, 0.3) is 0 Å². The molecule has 2 atom stereocenters. The molecule has 0 bridgehead atoms. The molecule has 0 heterocycles. The van der Waals surface area contributed by atoms with E-state index in [4.69, 9.17) is 28.0 Å². The van der Waals surface area contributed by atoms with Gasteiger partial charge in [-0.25, -0.2) is 4.79 Å². The summed E-state index contributed by atoms with van der Waals surface area (Å²) in [6, 6.07) is -2.13. The molecule has 0 aromatic carbocycles. The lowest BCUT2D eigenvalue weighted by Crippen LogP contribution is -2.53. The van der Waals surface area contributed by atoms with Crippen molar-refractivity contribution in [2.75, 3.05) is 13.1 Å². The van der Waals surface area contributed by atoms with E-state index in [0.29, 0.717) is 19.4 Å². The fourth-order valence-corrected chi connectivity index (χ4v) is 1.79. The van der Waals surface area contributed by atoms with Gasteiger partial charge < -0.3 is 38.7 Å². The Kier molecular flexibility index (Phi) is 10.1. The van der Waals surface area contributed by atoms with Crippen LogP contribution in [0.5, 0.6) is 0 Å². The molecule has 0 aromatic rings. The van der Waals surface area contributed by atoms with E-state index in [1.807, 2.05) is 0 Å². The molecule has 0 radical (unpaired) electrons. The van der Waals surface area contributed by atoms with Gasteiger partial charge in [0, 0.05) is 18.3 Å². The van der Waals surface area contributed by atoms with E-state index in [0.717, 1.165) is 6.20 Å². The summed E-state index contributed by atoms with van der Waals surface area (Å²) in [5, 5.41) is 13.9. The first kappa shape index (κ1) is 20.7. The second kappa shape index (κ2) is 11.3. The average molecular weight is 330 g/mol. The molecule has 0 rings (SSSR count). The maximum Gasteiger partial charge on any atom is 0.326 e. The molecule has 0 saturated carbocycles.